The van der Waals surface area contributed by atoms with Crippen LogP contribution in [-0.4, -0.2) is 33.2 Å². The van der Waals surface area contributed by atoms with E-state index in [4.69, 9.17) is 4.74 Å². The Labute approximate surface area is 160 Å². The fourth-order valence-corrected chi connectivity index (χ4v) is 3.04. The van der Waals surface area contributed by atoms with Crippen molar-refractivity contribution >= 4 is 0 Å². The molecule has 0 bridgehead atoms. The fraction of sp³-hybridized carbons (Fsp3) is 0.318. The largest absolute Gasteiger partial charge is 0.472 e. The topological polar surface area (TPSA) is 51.1 Å². The molecule has 0 aliphatic carbocycles. The van der Waals surface area contributed by atoms with Crippen molar-refractivity contribution in [2.24, 2.45) is 0 Å². The van der Waals surface area contributed by atoms with Gasteiger partial charge in [-0.25, -0.2) is 0 Å². The van der Waals surface area contributed by atoms with E-state index in [2.05, 4.69) is 32.2 Å². The monoisotopic (exact) mass is 360 g/mol. The minimum atomic E-state index is 0.503. The zero-order valence-electron chi connectivity index (χ0n) is 15.4. The Morgan fingerprint density at radius 1 is 0.815 bits per heavy atom. The van der Waals surface area contributed by atoms with Gasteiger partial charge in [-0.1, -0.05) is 36.4 Å². The number of aryl methyl sites for hydroxylation is 2. The van der Waals surface area contributed by atoms with E-state index in [0.717, 1.165) is 36.3 Å². The summed E-state index contributed by atoms with van der Waals surface area (Å²) in [5.41, 5.74) is 4.45. The summed E-state index contributed by atoms with van der Waals surface area (Å²) in [6.45, 7) is 3.95. The number of aromatic nitrogens is 3. The molecule has 1 aliphatic heterocycles. The molecule has 0 amide bonds. The molecule has 4 rings (SSSR count). The standard InChI is InChI=1S/C22H24N4O/c1-2-5-18(6-3-1)17-27-22-12-11-21(24-25-22)10-9-20-8-7-19(15-23-20)16-26-13-4-14-26/h1-3,5-8,11-12,15H,4,9-10,13-14,16-17H2. The number of nitrogens with zero attached hydrogens (tertiary/aromatic N) is 4. The molecule has 5 nitrogen and oxygen atoms in total. The van der Waals surface area contributed by atoms with Gasteiger partial charge in [0, 0.05) is 24.5 Å². The molecule has 0 radical (unpaired) electrons. The lowest BCUT2D eigenvalue weighted by Crippen LogP contribution is -2.36. The average Bonchev–Trinajstić information content (AvgIpc) is 2.70. The van der Waals surface area contributed by atoms with Crippen LogP contribution in [0.2, 0.25) is 0 Å². The predicted octanol–water partition coefficient (Wildman–Crippen LogP) is 3.44. The van der Waals surface area contributed by atoms with Crippen molar-refractivity contribution in [3.63, 3.8) is 0 Å². The summed E-state index contributed by atoms with van der Waals surface area (Å²) in [5, 5.41) is 8.44. The van der Waals surface area contributed by atoms with Gasteiger partial charge in [0.05, 0.1) is 5.69 Å². The summed E-state index contributed by atoms with van der Waals surface area (Å²) >= 11 is 0. The van der Waals surface area contributed by atoms with Gasteiger partial charge in [-0.05, 0) is 55.6 Å². The molecule has 0 N–H and O–H groups in total. The Morgan fingerprint density at radius 3 is 2.30 bits per heavy atom. The average molecular weight is 360 g/mol. The van der Waals surface area contributed by atoms with Crippen LogP contribution in [0.3, 0.4) is 0 Å². The Balaban J connectivity index is 1.24. The number of likely N-dealkylation sites (tertiary alicyclic amines) is 1. The van der Waals surface area contributed by atoms with Gasteiger partial charge < -0.3 is 4.74 Å². The Morgan fingerprint density at radius 2 is 1.63 bits per heavy atom. The number of ether oxygens (including phenoxy) is 1. The lowest BCUT2D eigenvalue weighted by atomic mass is 10.1. The molecule has 1 fully saturated rings. The molecule has 0 saturated carbocycles. The van der Waals surface area contributed by atoms with Crippen molar-refractivity contribution in [2.75, 3.05) is 13.1 Å². The van der Waals surface area contributed by atoms with Crippen molar-refractivity contribution in [3.05, 3.63) is 83.3 Å². The Hall–Kier alpha value is -2.79. The summed E-state index contributed by atoms with van der Waals surface area (Å²) in [6.07, 6.45) is 5.01. The molecule has 3 heterocycles. The van der Waals surface area contributed by atoms with Crippen molar-refractivity contribution in [1.29, 1.82) is 0 Å². The predicted molar refractivity (Wildman–Crippen MR) is 104 cm³/mol. The van der Waals surface area contributed by atoms with E-state index in [-0.39, 0.29) is 0 Å². The first kappa shape index (κ1) is 17.6. The third-order valence-corrected chi connectivity index (χ3v) is 4.80. The lowest BCUT2D eigenvalue weighted by molar-refractivity contribution is 0.172. The molecule has 0 unspecified atom stereocenters. The normalized spacial score (nSPS) is 13.9. The molecule has 0 atom stereocenters. The van der Waals surface area contributed by atoms with Crippen LogP contribution in [0.4, 0.5) is 0 Å². The second-order valence-electron chi connectivity index (χ2n) is 6.92. The molecular weight excluding hydrogens is 336 g/mol. The molecular formula is C22H24N4O. The van der Waals surface area contributed by atoms with E-state index >= 15 is 0 Å². The number of hydrogen-bond donors (Lipinski definition) is 0. The summed E-state index contributed by atoms with van der Waals surface area (Å²) in [5.74, 6) is 0.552. The van der Waals surface area contributed by atoms with Crippen LogP contribution in [0, 0.1) is 0 Å². The first-order chi connectivity index (χ1) is 13.3. The minimum Gasteiger partial charge on any atom is -0.472 e. The lowest BCUT2D eigenvalue weighted by Gasteiger charge is -2.30. The highest BCUT2D eigenvalue weighted by molar-refractivity contribution is 5.18. The Bertz CT molecular complexity index is 830. The van der Waals surface area contributed by atoms with Crippen molar-refractivity contribution in [3.8, 4) is 5.88 Å². The van der Waals surface area contributed by atoms with Gasteiger partial charge in [0.15, 0.2) is 0 Å². The number of benzene rings is 1. The van der Waals surface area contributed by atoms with Crippen LogP contribution in [0.15, 0.2) is 60.8 Å². The molecule has 1 aromatic carbocycles. The van der Waals surface area contributed by atoms with Gasteiger partial charge in [-0.15, -0.1) is 5.10 Å². The van der Waals surface area contributed by atoms with Gasteiger partial charge in [0.1, 0.15) is 6.61 Å². The van der Waals surface area contributed by atoms with Gasteiger partial charge in [-0.2, -0.15) is 5.10 Å². The van der Waals surface area contributed by atoms with Crippen molar-refractivity contribution in [1.82, 2.24) is 20.1 Å². The van der Waals surface area contributed by atoms with Gasteiger partial charge in [0.25, 0.3) is 0 Å². The molecule has 1 aliphatic rings. The molecule has 2 aromatic heterocycles. The van der Waals surface area contributed by atoms with Crippen LogP contribution < -0.4 is 4.74 Å². The second kappa shape index (κ2) is 8.73. The number of pyridine rings is 1. The number of hydrogen-bond acceptors (Lipinski definition) is 5. The smallest absolute Gasteiger partial charge is 0.233 e. The maximum absolute atomic E-state index is 5.68. The van der Waals surface area contributed by atoms with Gasteiger partial charge >= 0.3 is 0 Å². The SMILES string of the molecule is c1ccc(COc2ccc(CCc3ccc(CN4CCC4)cn3)nn2)cc1. The quantitative estimate of drug-likeness (QED) is 0.616. The fourth-order valence-electron chi connectivity index (χ4n) is 3.04. The summed E-state index contributed by atoms with van der Waals surface area (Å²) in [6, 6.07) is 18.2. The zero-order valence-corrected chi connectivity index (χ0v) is 15.4. The van der Waals surface area contributed by atoms with E-state index in [0.29, 0.717) is 12.5 Å². The van der Waals surface area contributed by atoms with E-state index < -0.39 is 0 Å². The maximum atomic E-state index is 5.68. The van der Waals surface area contributed by atoms with Crippen LogP contribution in [0.1, 0.15) is 28.9 Å². The molecule has 3 aromatic rings. The highest BCUT2D eigenvalue weighted by atomic mass is 16.5. The molecule has 0 spiro atoms. The zero-order chi connectivity index (χ0) is 18.3. The third kappa shape index (κ3) is 5.11. The van der Waals surface area contributed by atoms with E-state index in [9.17, 15) is 0 Å². The van der Waals surface area contributed by atoms with E-state index in [1.807, 2.05) is 48.7 Å². The first-order valence-corrected chi connectivity index (χ1v) is 9.51. The summed E-state index contributed by atoms with van der Waals surface area (Å²) < 4.78 is 5.68. The molecule has 27 heavy (non-hydrogen) atoms. The third-order valence-electron chi connectivity index (χ3n) is 4.80. The second-order valence-corrected chi connectivity index (χ2v) is 6.92. The highest BCUT2D eigenvalue weighted by Gasteiger charge is 2.13. The highest BCUT2D eigenvalue weighted by Crippen LogP contribution is 2.13. The van der Waals surface area contributed by atoms with Crippen molar-refractivity contribution < 1.29 is 4.74 Å². The minimum absolute atomic E-state index is 0.503. The summed E-state index contributed by atoms with van der Waals surface area (Å²) in [4.78, 5) is 7.02. The number of rotatable bonds is 8. The van der Waals surface area contributed by atoms with Crippen LogP contribution >= 0.6 is 0 Å². The van der Waals surface area contributed by atoms with Gasteiger partial charge in [-0.3, -0.25) is 9.88 Å². The van der Waals surface area contributed by atoms with Gasteiger partial charge in [0.2, 0.25) is 5.88 Å². The molecule has 1 saturated heterocycles. The summed E-state index contributed by atoms with van der Waals surface area (Å²) in [7, 11) is 0. The van der Waals surface area contributed by atoms with Crippen LogP contribution in [0.5, 0.6) is 5.88 Å². The van der Waals surface area contributed by atoms with E-state index in [1.165, 1.54) is 25.1 Å². The van der Waals surface area contributed by atoms with E-state index in [1.54, 1.807) is 0 Å². The van der Waals surface area contributed by atoms with Crippen LogP contribution in [-0.2, 0) is 26.0 Å². The first-order valence-electron chi connectivity index (χ1n) is 9.51. The maximum Gasteiger partial charge on any atom is 0.233 e. The molecule has 138 valence electrons. The molecule has 5 heteroatoms. The Kier molecular flexibility index (Phi) is 5.70. The van der Waals surface area contributed by atoms with Crippen molar-refractivity contribution in [2.45, 2.75) is 32.4 Å². The van der Waals surface area contributed by atoms with Crippen LogP contribution in [0.25, 0.3) is 0 Å².